The molecule has 0 spiro atoms. The normalized spacial score (nSPS) is 11.7. The number of rotatable bonds is 13. The summed E-state index contributed by atoms with van der Waals surface area (Å²) in [4.78, 5) is 10.9. The Labute approximate surface area is 215 Å². The van der Waals surface area contributed by atoms with E-state index in [-0.39, 0.29) is 6.54 Å². The van der Waals surface area contributed by atoms with Crippen molar-refractivity contribution in [1.82, 2.24) is 5.32 Å². The van der Waals surface area contributed by atoms with Crippen molar-refractivity contribution in [2.75, 3.05) is 27.4 Å². The van der Waals surface area contributed by atoms with Crippen LogP contribution in [0.2, 0.25) is 0 Å². The monoisotopic (exact) mass is 515 g/mol. The molecule has 0 saturated heterocycles. The first-order valence-corrected chi connectivity index (χ1v) is 12.1. The lowest BCUT2D eigenvalue weighted by atomic mass is 9.80. The van der Waals surface area contributed by atoms with Crippen LogP contribution >= 0.6 is 0 Å². The van der Waals surface area contributed by atoms with Crippen molar-refractivity contribution in [1.29, 1.82) is 0 Å². The van der Waals surface area contributed by atoms with E-state index < -0.39 is 17.7 Å². The first kappa shape index (κ1) is 28.1. The van der Waals surface area contributed by atoms with Crippen LogP contribution in [0.15, 0.2) is 78.9 Å². The zero-order chi connectivity index (χ0) is 26.7. The number of benzene rings is 3. The number of amides is 1. The number of carbonyl (C=O) groups is 1. The van der Waals surface area contributed by atoms with Crippen LogP contribution in [-0.2, 0) is 15.1 Å². The minimum atomic E-state index is -4.85. The summed E-state index contributed by atoms with van der Waals surface area (Å²) in [7, 11) is 3.24. The lowest BCUT2D eigenvalue weighted by Gasteiger charge is -2.36. The molecule has 0 unspecified atom stereocenters. The zero-order valence-corrected chi connectivity index (χ0v) is 21.0. The van der Waals surface area contributed by atoms with E-state index in [2.05, 4.69) is 0 Å². The maximum atomic E-state index is 12.3. The number of unbranched alkanes of at least 4 members (excludes halogenated alkanes) is 3. The van der Waals surface area contributed by atoms with Gasteiger partial charge in [0.05, 0.1) is 14.2 Å². The highest BCUT2D eigenvalue weighted by Crippen LogP contribution is 2.41. The first-order valence-electron chi connectivity index (χ1n) is 12.1. The van der Waals surface area contributed by atoms with E-state index in [4.69, 9.17) is 14.2 Å². The summed E-state index contributed by atoms with van der Waals surface area (Å²) >= 11 is 0. The van der Waals surface area contributed by atoms with Crippen LogP contribution in [0.3, 0.4) is 0 Å². The first-order chi connectivity index (χ1) is 17.8. The van der Waals surface area contributed by atoms with Gasteiger partial charge in [-0.3, -0.25) is 4.79 Å². The van der Waals surface area contributed by atoms with Crippen LogP contribution in [0.1, 0.15) is 42.4 Å². The highest BCUT2D eigenvalue weighted by atomic mass is 19.4. The number of hydrogen-bond acceptors (Lipinski definition) is 4. The van der Waals surface area contributed by atoms with Gasteiger partial charge < -0.3 is 19.5 Å². The summed E-state index contributed by atoms with van der Waals surface area (Å²) in [5.74, 6) is -0.432. The maximum Gasteiger partial charge on any atom is 0.471 e. The molecule has 1 amide bonds. The zero-order valence-electron chi connectivity index (χ0n) is 21.0. The molecule has 198 valence electrons. The fraction of sp³-hybridized carbons (Fsp3) is 0.345. The minimum absolute atomic E-state index is 0.00908. The summed E-state index contributed by atoms with van der Waals surface area (Å²) in [6, 6.07) is 25.5. The van der Waals surface area contributed by atoms with Crippen molar-refractivity contribution in [2.45, 2.75) is 37.5 Å². The van der Waals surface area contributed by atoms with Crippen LogP contribution < -0.4 is 14.8 Å². The average molecular weight is 516 g/mol. The average Bonchev–Trinajstić information content (AvgIpc) is 2.92. The van der Waals surface area contributed by atoms with Crippen LogP contribution in [0.25, 0.3) is 0 Å². The topological polar surface area (TPSA) is 56.8 Å². The summed E-state index contributed by atoms with van der Waals surface area (Å²) < 4.78 is 54.3. The quantitative estimate of drug-likeness (QED) is 0.216. The van der Waals surface area contributed by atoms with Gasteiger partial charge in [0.25, 0.3) is 0 Å². The predicted octanol–water partition coefficient (Wildman–Crippen LogP) is 6.25. The molecule has 3 aromatic rings. The minimum Gasteiger partial charge on any atom is -0.497 e. The van der Waals surface area contributed by atoms with E-state index in [0.29, 0.717) is 25.9 Å². The Bertz CT molecular complexity index is 1050. The lowest BCUT2D eigenvalue weighted by Crippen LogP contribution is -2.37. The third-order valence-corrected chi connectivity index (χ3v) is 6.11. The summed E-state index contributed by atoms with van der Waals surface area (Å²) in [5.41, 5.74) is 1.92. The van der Waals surface area contributed by atoms with Crippen molar-refractivity contribution in [2.24, 2.45) is 0 Å². The number of halogens is 3. The molecule has 37 heavy (non-hydrogen) atoms. The molecule has 0 aliphatic rings. The van der Waals surface area contributed by atoms with Gasteiger partial charge in [-0.1, -0.05) is 67.4 Å². The molecule has 1 N–H and O–H groups in total. The third kappa shape index (κ3) is 7.26. The molecule has 0 aliphatic heterocycles. The summed E-state index contributed by atoms with van der Waals surface area (Å²) in [6.45, 7) is 0.409. The third-order valence-electron chi connectivity index (χ3n) is 6.11. The van der Waals surface area contributed by atoms with Gasteiger partial charge in [0.15, 0.2) is 0 Å². The van der Waals surface area contributed by atoms with Gasteiger partial charge >= 0.3 is 12.1 Å². The molecule has 5 nitrogen and oxygen atoms in total. The molecular formula is C29H32F3NO4. The van der Waals surface area contributed by atoms with Crippen molar-refractivity contribution >= 4 is 5.91 Å². The van der Waals surface area contributed by atoms with E-state index in [1.54, 1.807) is 14.2 Å². The smallest absolute Gasteiger partial charge is 0.471 e. The number of alkyl halides is 3. The lowest BCUT2D eigenvalue weighted by molar-refractivity contribution is -0.173. The van der Waals surface area contributed by atoms with Gasteiger partial charge in [0.2, 0.25) is 0 Å². The molecule has 0 aliphatic carbocycles. The number of hydrogen-bond donors (Lipinski definition) is 1. The second-order valence-corrected chi connectivity index (χ2v) is 8.52. The van der Waals surface area contributed by atoms with Gasteiger partial charge in [-0.2, -0.15) is 13.2 Å². The molecular weight excluding hydrogens is 483 g/mol. The van der Waals surface area contributed by atoms with Crippen LogP contribution in [0.4, 0.5) is 13.2 Å². The number of methoxy groups -OCH3 is 2. The van der Waals surface area contributed by atoms with E-state index in [9.17, 15) is 18.0 Å². The Morgan fingerprint density at radius 3 is 1.68 bits per heavy atom. The molecule has 3 aromatic carbocycles. The molecule has 0 atom stereocenters. The van der Waals surface area contributed by atoms with Gasteiger partial charge in [0.1, 0.15) is 17.1 Å². The molecule has 0 radical (unpaired) electrons. The maximum absolute atomic E-state index is 12.3. The second kappa shape index (κ2) is 13.1. The Hall–Kier alpha value is -3.52. The van der Waals surface area contributed by atoms with E-state index >= 15 is 0 Å². The molecule has 0 fully saturated rings. The molecule has 0 heterocycles. The Morgan fingerprint density at radius 2 is 1.19 bits per heavy atom. The van der Waals surface area contributed by atoms with Crippen LogP contribution in [-0.4, -0.2) is 39.5 Å². The molecule has 0 saturated carbocycles. The van der Waals surface area contributed by atoms with E-state index in [0.717, 1.165) is 34.6 Å². The SMILES string of the molecule is COc1ccc(C(OCCCCCCNC(=O)C(F)(F)F)(c2ccccc2)c2ccc(OC)cc2)cc1. The van der Waals surface area contributed by atoms with Crippen LogP contribution in [0, 0.1) is 0 Å². The molecule has 0 aromatic heterocycles. The van der Waals surface area contributed by atoms with E-state index in [1.165, 1.54) is 0 Å². The Kier molecular flexibility index (Phi) is 9.97. The molecule has 0 bridgehead atoms. The highest BCUT2D eigenvalue weighted by Gasteiger charge is 2.38. The van der Waals surface area contributed by atoms with Gasteiger partial charge in [-0.15, -0.1) is 0 Å². The van der Waals surface area contributed by atoms with Gasteiger partial charge in [-0.25, -0.2) is 0 Å². The molecule has 3 rings (SSSR count). The Balaban J connectivity index is 1.78. The number of ether oxygens (including phenoxy) is 3. The van der Waals surface area contributed by atoms with Gasteiger partial charge in [0, 0.05) is 13.2 Å². The fourth-order valence-electron chi connectivity index (χ4n) is 4.18. The highest BCUT2D eigenvalue weighted by molar-refractivity contribution is 5.81. The van der Waals surface area contributed by atoms with Gasteiger partial charge in [-0.05, 0) is 53.8 Å². The van der Waals surface area contributed by atoms with E-state index in [1.807, 2.05) is 84.2 Å². The van der Waals surface area contributed by atoms with Crippen molar-refractivity contribution in [3.05, 3.63) is 95.6 Å². The van der Waals surface area contributed by atoms with Crippen molar-refractivity contribution in [3.63, 3.8) is 0 Å². The number of carbonyl (C=O) groups excluding carboxylic acids is 1. The standard InChI is InChI=1S/C29H32F3NO4/c1-35-25-16-12-23(13-17-25)28(22-10-6-5-7-11-22,24-14-18-26(36-2)19-15-24)37-21-9-4-3-8-20-33-27(34)29(30,31)32/h5-7,10-19H,3-4,8-9,20-21H2,1-2H3,(H,33,34). The summed E-state index contributed by atoms with van der Waals surface area (Å²) in [6.07, 6.45) is -2.27. The second-order valence-electron chi connectivity index (χ2n) is 8.52. The van der Waals surface area contributed by atoms with Crippen LogP contribution in [0.5, 0.6) is 11.5 Å². The largest absolute Gasteiger partial charge is 0.497 e. The predicted molar refractivity (Wildman–Crippen MR) is 136 cm³/mol. The Morgan fingerprint density at radius 1 is 0.703 bits per heavy atom. The van der Waals surface area contributed by atoms with Crippen molar-refractivity contribution < 1.29 is 32.2 Å². The van der Waals surface area contributed by atoms with Crippen molar-refractivity contribution in [3.8, 4) is 11.5 Å². The number of nitrogens with one attached hydrogen (secondary N) is 1. The fourth-order valence-corrected chi connectivity index (χ4v) is 4.18. The molecule has 8 heteroatoms. The summed E-state index contributed by atoms with van der Waals surface area (Å²) in [5, 5.41) is 1.91.